The van der Waals surface area contributed by atoms with Gasteiger partial charge in [-0.2, -0.15) is 11.8 Å². The predicted octanol–water partition coefficient (Wildman–Crippen LogP) is 1.28. The fraction of sp³-hybridized carbons (Fsp3) is 0.600. The number of nitrogens with one attached hydrogen (secondary N) is 1. The maximum Gasteiger partial charge on any atom is 0.236 e. The molecule has 1 aromatic heterocycles. The van der Waals surface area contributed by atoms with E-state index in [9.17, 15) is 4.79 Å². The van der Waals surface area contributed by atoms with Crippen LogP contribution in [0.2, 0.25) is 0 Å². The average Bonchev–Trinajstić information content (AvgIpc) is 2.63. The van der Waals surface area contributed by atoms with Crippen LogP contribution in [0, 0.1) is 12.8 Å². The number of aliphatic hydroxyl groups is 1. The average molecular weight is 244 g/mol. The van der Waals surface area contributed by atoms with Gasteiger partial charge in [0.05, 0.1) is 11.4 Å². The lowest BCUT2D eigenvalue weighted by Crippen LogP contribution is -2.15. The quantitative estimate of drug-likeness (QED) is 0.788. The number of thioether (sulfide) groups is 1. The fourth-order valence-corrected chi connectivity index (χ4v) is 1.88. The van der Waals surface area contributed by atoms with Crippen LogP contribution in [-0.4, -0.2) is 34.3 Å². The SMILES string of the molecule is Cc1cc(NC(=O)CSCC(C)CO)on1. The molecule has 0 fully saturated rings. The van der Waals surface area contributed by atoms with E-state index in [1.165, 1.54) is 11.8 Å². The summed E-state index contributed by atoms with van der Waals surface area (Å²) < 4.78 is 4.85. The topological polar surface area (TPSA) is 75.4 Å². The third-order valence-electron chi connectivity index (χ3n) is 1.84. The van der Waals surface area contributed by atoms with E-state index in [-0.39, 0.29) is 18.4 Å². The second-order valence-corrected chi connectivity index (χ2v) is 4.71. The Hall–Kier alpha value is -1.01. The largest absolute Gasteiger partial charge is 0.396 e. The molecule has 1 amide bonds. The molecule has 16 heavy (non-hydrogen) atoms. The van der Waals surface area contributed by atoms with E-state index >= 15 is 0 Å². The molecule has 0 aromatic carbocycles. The van der Waals surface area contributed by atoms with Crippen LogP contribution in [0.4, 0.5) is 5.88 Å². The van der Waals surface area contributed by atoms with Crippen LogP contribution in [0.1, 0.15) is 12.6 Å². The third kappa shape index (κ3) is 4.67. The van der Waals surface area contributed by atoms with Crippen molar-refractivity contribution < 1.29 is 14.4 Å². The molecule has 1 heterocycles. The lowest BCUT2D eigenvalue weighted by molar-refractivity contribution is -0.113. The van der Waals surface area contributed by atoms with E-state index in [2.05, 4.69) is 10.5 Å². The van der Waals surface area contributed by atoms with Gasteiger partial charge in [-0.15, -0.1) is 0 Å². The van der Waals surface area contributed by atoms with Crippen LogP contribution in [-0.2, 0) is 4.79 Å². The molecule has 1 atom stereocenters. The first kappa shape index (κ1) is 13.1. The van der Waals surface area contributed by atoms with Crippen molar-refractivity contribution in [2.45, 2.75) is 13.8 Å². The van der Waals surface area contributed by atoms with Crippen molar-refractivity contribution in [3.63, 3.8) is 0 Å². The molecule has 0 aliphatic rings. The Morgan fingerprint density at radius 3 is 3.06 bits per heavy atom. The number of rotatable bonds is 6. The van der Waals surface area contributed by atoms with Crippen molar-refractivity contribution >= 4 is 23.6 Å². The number of carbonyl (C=O) groups is 1. The molecular weight excluding hydrogens is 228 g/mol. The summed E-state index contributed by atoms with van der Waals surface area (Å²) in [6.45, 7) is 3.87. The second kappa shape index (κ2) is 6.55. The van der Waals surface area contributed by atoms with Crippen molar-refractivity contribution in [1.82, 2.24) is 5.16 Å². The molecule has 0 aliphatic heterocycles. The van der Waals surface area contributed by atoms with E-state index in [1.54, 1.807) is 13.0 Å². The smallest absolute Gasteiger partial charge is 0.236 e. The zero-order valence-corrected chi connectivity index (χ0v) is 10.2. The number of aryl methyl sites for hydroxylation is 1. The number of aromatic nitrogens is 1. The van der Waals surface area contributed by atoms with Gasteiger partial charge in [-0.05, 0) is 18.6 Å². The molecule has 0 saturated carbocycles. The minimum Gasteiger partial charge on any atom is -0.396 e. The monoisotopic (exact) mass is 244 g/mol. The van der Waals surface area contributed by atoms with Crippen molar-refractivity contribution in [2.75, 3.05) is 23.4 Å². The first-order valence-corrected chi connectivity index (χ1v) is 6.19. The maximum absolute atomic E-state index is 11.4. The zero-order valence-electron chi connectivity index (χ0n) is 9.40. The zero-order chi connectivity index (χ0) is 12.0. The molecular formula is C10H16N2O3S. The molecule has 0 saturated heterocycles. The summed E-state index contributed by atoms with van der Waals surface area (Å²) in [5, 5.41) is 15.1. The van der Waals surface area contributed by atoms with Gasteiger partial charge in [0.1, 0.15) is 0 Å². The highest BCUT2D eigenvalue weighted by molar-refractivity contribution is 7.99. The van der Waals surface area contributed by atoms with E-state index < -0.39 is 0 Å². The van der Waals surface area contributed by atoms with Gasteiger partial charge in [0.25, 0.3) is 0 Å². The van der Waals surface area contributed by atoms with Crippen LogP contribution in [0.15, 0.2) is 10.6 Å². The molecule has 0 bridgehead atoms. The normalized spacial score (nSPS) is 12.4. The number of nitrogens with zero attached hydrogens (tertiary/aromatic N) is 1. The summed E-state index contributed by atoms with van der Waals surface area (Å²) in [5.41, 5.74) is 0.733. The molecule has 0 aliphatic carbocycles. The summed E-state index contributed by atoms with van der Waals surface area (Å²) in [6.07, 6.45) is 0. The van der Waals surface area contributed by atoms with E-state index in [0.29, 0.717) is 11.6 Å². The Morgan fingerprint density at radius 2 is 2.50 bits per heavy atom. The fourth-order valence-electron chi connectivity index (χ4n) is 1.00. The van der Waals surface area contributed by atoms with E-state index in [1.807, 2.05) is 6.92 Å². The van der Waals surface area contributed by atoms with Gasteiger partial charge in [-0.25, -0.2) is 0 Å². The summed E-state index contributed by atoms with van der Waals surface area (Å²) >= 11 is 1.49. The van der Waals surface area contributed by atoms with Crippen molar-refractivity contribution in [2.24, 2.45) is 5.92 Å². The first-order chi connectivity index (χ1) is 7.61. The number of hydrogen-bond acceptors (Lipinski definition) is 5. The van der Waals surface area contributed by atoms with Crippen molar-refractivity contribution in [3.8, 4) is 0 Å². The molecule has 0 radical (unpaired) electrons. The van der Waals surface area contributed by atoms with Gasteiger partial charge in [0.15, 0.2) is 0 Å². The summed E-state index contributed by atoms with van der Waals surface area (Å²) in [5.74, 6) is 1.58. The van der Waals surface area contributed by atoms with Gasteiger partial charge >= 0.3 is 0 Å². The highest BCUT2D eigenvalue weighted by Crippen LogP contribution is 2.11. The van der Waals surface area contributed by atoms with Crippen LogP contribution in [0.25, 0.3) is 0 Å². The lowest BCUT2D eigenvalue weighted by atomic mass is 10.2. The maximum atomic E-state index is 11.4. The number of hydrogen-bond donors (Lipinski definition) is 2. The van der Waals surface area contributed by atoms with E-state index in [0.717, 1.165) is 11.4 Å². The van der Waals surface area contributed by atoms with Crippen molar-refractivity contribution in [3.05, 3.63) is 11.8 Å². The minimum absolute atomic E-state index is 0.119. The third-order valence-corrected chi connectivity index (χ3v) is 3.11. The van der Waals surface area contributed by atoms with Crippen LogP contribution in [0.5, 0.6) is 0 Å². The molecule has 1 rings (SSSR count). The Balaban J connectivity index is 2.21. The summed E-state index contributed by atoms with van der Waals surface area (Å²) in [6, 6.07) is 1.67. The minimum atomic E-state index is -0.119. The number of amides is 1. The van der Waals surface area contributed by atoms with Gasteiger partial charge in [-0.3, -0.25) is 10.1 Å². The molecule has 90 valence electrons. The van der Waals surface area contributed by atoms with Gasteiger partial charge < -0.3 is 9.63 Å². The second-order valence-electron chi connectivity index (χ2n) is 3.68. The summed E-state index contributed by atoms with van der Waals surface area (Å²) in [4.78, 5) is 11.4. The van der Waals surface area contributed by atoms with Crippen LogP contribution in [0.3, 0.4) is 0 Å². The highest BCUT2D eigenvalue weighted by Gasteiger charge is 2.07. The molecule has 1 aromatic rings. The van der Waals surface area contributed by atoms with Gasteiger partial charge in [-0.1, -0.05) is 12.1 Å². The Labute approximate surface area is 98.6 Å². The molecule has 0 spiro atoms. The lowest BCUT2D eigenvalue weighted by Gasteiger charge is -2.06. The molecule has 1 unspecified atom stereocenters. The standard InChI is InChI=1S/C10H16N2O3S/c1-7(4-13)5-16-6-9(14)11-10-3-8(2)12-15-10/h3,7,13H,4-6H2,1-2H3,(H,11,14). The Bertz CT molecular complexity index is 341. The molecule has 2 N–H and O–H groups in total. The van der Waals surface area contributed by atoms with Gasteiger partial charge in [0, 0.05) is 12.7 Å². The van der Waals surface area contributed by atoms with Crippen LogP contribution >= 0.6 is 11.8 Å². The summed E-state index contributed by atoms with van der Waals surface area (Å²) in [7, 11) is 0. The molecule has 5 nitrogen and oxygen atoms in total. The van der Waals surface area contributed by atoms with Crippen molar-refractivity contribution in [1.29, 1.82) is 0 Å². The number of aliphatic hydroxyl groups excluding tert-OH is 1. The predicted molar refractivity (Wildman–Crippen MR) is 63.4 cm³/mol. The number of carbonyl (C=O) groups excluding carboxylic acids is 1. The van der Waals surface area contributed by atoms with E-state index in [4.69, 9.17) is 9.63 Å². The Morgan fingerprint density at radius 1 is 1.75 bits per heavy atom. The number of anilines is 1. The Kier molecular flexibility index (Phi) is 5.34. The molecule has 6 heteroatoms. The highest BCUT2D eigenvalue weighted by atomic mass is 32.2. The van der Waals surface area contributed by atoms with Crippen LogP contribution < -0.4 is 5.32 Å². The first-order valence-electron chi connectivity index (χ1n) is 5.03. The van der Waals surface area contributed by atoms with Gasteiger partial charge in [0.2, 0.25) is 11.8 Å².